The number of rotatable bonds is 4. The van der Waals surface area contributed by atoms with Crippen molar-refractivity contribution >= 4 is 28.0 Å². The van der Waals surface area contributed by atoms with E-state index in [1.165, 1.54) is 6.33 Å². The summed E-state index contributed by atoms with van der Waals surface area (Å²) in [6.07, 6.45) is 3.34. The van der Waals surface area contributed by atoms with Crippen LogP contribution >= 0.6 is 0 Å². The van der Waals surface area contributed by atoms with Crippen LogP contribution in [0.15, 0.2) is 42.9 Å². The number of aromatic nitrogens is 5. The molecule has 1 amide bonds. The first-order chi connectivity index (χ1) is 15.8. The van der Waals surface area contributed by atoms with Crippen molar-refractivity contribution in [2.24, 2.45) is 0 Å². The number of likely N-dealkylation sites (tertiary alicyclic amines) is 1. The number of benzene rings is 1. The number of H-pyrrole nitrogens is 1. The molecule has 1 fully saturated rings. The van der Waals surface area contributed by atoms with Crippen molar-refractivity contribution in [3.05, 3.63) is 42.9 Å². The fourth-order valence-electron chi connectivity index (χ4n) is 3.62. The first kappa shape index (κ1) is 20.9. The molecule has 0 saturated carbocycles. The van der Waals surface area contributed by atoms with E-state index in [1.807, 2.05) is 45.0 Å². The van der Waals surface area contributed by atoms with Gasteiger partial charge >= 0.3 is 6.09 Å². The smallest absolute Gasteiger partial charge is 0.410 e. The van der Waals surface area contributed by atoms with Gasteiger partial charge in [-0.05, 0) is 45.0 Å². The Morgan fingerprint density at radius 2 is 2.06 bits per heavy atom. The predicted molar refractivity (Wildman–Crippen MR) is 120 cm³/mol. The Labute approximate surface area is 189 Å². The SMILES string of the molecule is CC(C)(C)OC(=O)N1CCC(Oc2ccc3ncnc(Oc4ccc5[nH]ncc5c4)c3n2)C1. The van der Waals surface area contributed by atoms with Crippen molar-refractivity contribution in [1.82, 2.24) is 30.0 Å². The van der Waals surface area contributed by atoms with E-state index in [0.717, 1.165) is 10.9 Å². The quantitative estimate of drug-likeness (QED) is 0.496. The van der Waals surface area contributed by atoms with E-state index in [4.69, 9.17) is 14.2 Å². The van der Waals surface area contributed by atoms with Gasteiger partial charge in [-0.25, -0.2) is 14.8 Å². The van der Waals surface area contributed by atoms with E-state index in [-0.39, 0.29) is 12.2 Å². The Morgan fingerprint density at radius 3 is 2.91 bits per heavy atom. The zero-order chi connectivity index (χ0) is 23.0. The molecule has 1 atom stereocenters. The molecule has 1 aromatic carbocycles. The van der Waals surface area contributed by atoms with Gasteiger partial charge in [0.25, 0.3) is 0 Å². The fourth-order valence-corrected chi connectivity index (χ4v) is 3.62. The molecular weight excluding hydrogens is 424 g/mol. The van der Waals surface area contributed by atoms with Gasteiger partial charge in [-0.3, -0.25) is 5.10 Å². The minimum atomic E-state index is -0.533. The van der Waals surface area contributed by atoms with Gasteiger partial charge < -0.3 is 19.1 Å². The van der Waals surface area contributed by atoms with Crippen LogP contribution in [-0.4, -0.2) is 60.9 Å². The molecule has 10 nitrogen and oxygen atoms in total. The lowest BCUT2D eigenvalue weighted by Crippen LogP contribution is -2.36. The van der Waals surface area contributed by atoms with Gasteiger partial charge in [0.2, 0.25) is 11.8 Å². The van der Waals surface area contributed by atoms with Crippen LogP contribution < -0.4 is 9.47 Å². The monoisotopic (exact) mass is 448 g/mol. The van der Waals surface area contributed by atoms with Gasteiger partial charge in [-0.15, -0.1) is 0 Å². The second-order valence-corrected chi connectivity index (χ2v) is 8.87. The van der Waals surface area contributed by atoms with Gasteiger partial charge in [0.15, 0.2) is 5.52 Å². The molecule has 1 aliphatic rings. The predicted octanol–water partition coefficient (Wildman–Crippen LogP) is 4.08. The second kappa shape index (κ2) is 8.19. The first-order valence-electron chi connectivity index (χ1n) is 10.7. The number of carbonyl (C=O) groups is 1. The summed E-state index contributed by atoms with van der Waals surface area (Å²) < 4.78 is 17.5. The van der Waals surface area contributed by atoms with E-state index < -0.39 is 5.60 Å². The molecule has 4 aromatic rings. The van der Waals surface area contributed by atoms with E-state index in [0.29, 0.717) is 48.1 Å². The van der Waals surface area contributed by atoms with E-state index >= 15 is 0 Å². The van der Waals surface area contributed by atoms with Crippen LogP contribution in [0.4, 0.5) is 4.79 Å². The van der Waals surface area contributed by atoms with Crippen LogP contribution in [0.2, 0.25) is 0 Å². The van der Waals surface area contributed by atoms with Crippen LogP contribution in [-0.2, 0) is 4.74 Å². The van der Waals surface area contributed by atoms with Gasteiger partial charge in [0.05, 0.1) is 23.8 Å². The molecular formula is C23H24N6O4. The molecule has 0 spiro atoms. The number of fused-ring (bicyclic) bond motifs is 2. The number of pyridine rings is 1. The molecule has 10 heteroatoms. The highest BCUT2D eigenvalue weighted by molar-refractivity contribution is 5.81. The summed E-state index contributed by atoms with van der Waals surface area (Å²) in [5, 5.41) is 7.87. The largest absolute Gasteiger partial charge is 0.472 e. The average Bonchev–Trinajstić information content (AvgIpc) is 3.42. The Balaban J connectivity index is 1.32. The summed E-state index contributed by atoms with van der Waals surface area (Å²) in [7, 11) is 0. The lowest BCUT2D eigenvalue weighted by atomic mass is 10.2. The maximum absolute atomic E-state index is 12.3. The maximum Gasteiger partial charge on any atom is 0.410 e. The standard InChI is InChI=1S/C23H24N6O4/c1-23(2,3)33-22(30)29-9-8-16(12-29)31-19-7-6-18-20(27-19)21(25-13-24-18)32-15-4-5-17-14(10-15)11-26-28-17/h4-7,10-11,13,16H,8-9,12H2,1-3H3,(H,26,28). The summed E-state index contributed by atoms with van der Waals surface area (Å²) in [4.78, 5) is 27.1. The highest BCUT2D eigenvalue weighted by Crippen LogP contribution is 2.29. The third-order valence-electron chi connectivity index (χ3n) is 5.13. The van der Waals surface area contributed by atoms with Crippen molar-refractivity contribution < 1.29 is 19.0 Å². The molecule has 0 radical (unpaired) electrons. The van der Waals surface area contributed by atoms with Crippen molar-refractivity contribution in [2.75, 3.05) is 13.1 Å². The normalized spacial score (nSPS) is 16.3. The van der Waals surface area contributed by atoms with Gasteiger partial charge in [-0.1, -0.05) is 0 Å². The number of nitrogens with one attached hydrogen (secondary N) is 1. The molecule has 3 aromatic heterocycles. The Kier molecular flexibility index (Phi) is 5.20. The number of hydrogen-bond acceptors (Lipinski definition) is 8. The number of ether oxygens (including phenoxy) is 3. The molecule has 1 unspecified atom stereocenters. The van der Waals surface area contributed by atoms with Crippen LogP contribution in [0.5, 0.6) is 17.5 Å². The summed E-state index contributed by atoms with van der Waals surface area (Å²) in [6.45, 7) is 6.56. The first-order valence-corrected chi connectivity index (χ1v) is 10.7. The van der Waals surface area contributed by atoms with E-state index in [1.54, 1.807) is 17.2 Å². The van der Waals surface area contributed by atoms with Crippen molar-refractivity contribution in [2.45, 2.75) is 38.9 Å². The minimum absolute atomic E-state index is 0.181. The van der Waals surface area contributed by atoms with Crippen molar-refractivity contribution in [3.63, 3.8) is 0 Å². The third kappa shape index (κ3) is 4.64. The van der Waals surface area contributed by atoms with Gasteiger partial charge in [0, 0.05) is 24.4 Å². The Morgan fingerprint density at radius 1 is 1.18 bits per heavy atom. The van der Waals surface area contributed by atoms with E-state index in [2.05, 4.69) is 25.1 Å². The maximum atomic E-state index is 12.3. The Hall–Kier alpha value is -3.95. The van der Waals surface area contributed by atoms with Crippen LogP contribution in [0, 0.1) is 0 Å². The average molecular weight is 448 g/mol. The number of aromatic amines is 1. The fraction of sp³-hybridized carbons (Fsp3) is 0.348. The van der Waals surface area contributed by atoms with Gasteiger partial charge in [0.1, 0.15) is 23.8 Å². The van der Waals surface area contributed by atoms with Crippen LogP contribution in [0.1, 0.15) is 27.2 Å². The highest BCUT2D eigenvalue weighted by atomic mass is 16.6. The molecule has 33 heavy (non-hydrogen) atoms. The van der Waals surface area contributed by atoms with E-state index in [9.17, 15) is 4.79 Å². The van der Waals surface area contributed by atoms with Crippen molar-refractivity contribution in [1.29, 1.82) is 0 Å². The zero-order valence-electron chi connectivity index (χ0n) is 18.6. The number of nitrogens with zero attached hydrogens (tertiary/aromatic N) is 5. The molecule has 1 saturated heterocycles. The lowest BCUT2D eigenvalue weighted by Gasteiger charge is -2.24. The number of hydrogen-bond donors (Lipinski definition) is 1. The van der Waals surface area contributed by atoms with Crippen LogP contribution in [0.25, 0.3) is 21.9 Å². The molecule has 170 valence electrons. The third-order valence-corrected chi connectivity index (χ3v) is 5.13. The summed E-state index contributed by atoms with van der Waals surface area (Å²) in [6, 6.07) is 9.16. The summed E-state index contributed by atoms with van der Waals surface area (Å²) >= 11 is 0. The van der Waals surface area contributed by atoms with Crippen molar-refractivity contribution in [3.8, 4) is 17.5 Å². The summed E-state index contributed by atoms with van der Waals surface area (Å²) in [5.74, 6) is 1.36. The Bertz CT molecular complexity index is 1320. The number of carbonyl (C=O) groups excluding carboxylic acids is 1. The molecule has 5 rings (SSSR count). The number of amides is 1. The lowest BCUT2D eigenvalue weighted by molar-refractivity contribution is 0.0275. The molecule has 1 N–H and O–H groups in total. The van der Waals surface area contributed by atoms with Crippen LogP contribution in [0.3, 0.4) is 0 Å². The molecule has 1 aliphatic heterocycles. The summed E-state index contributed by atoms with van der Waals surface area (Å²) in [5.41, 5.74) is 1.51. The topological polar surface area (TPSA) is 115 Å². The second-order valence-electron chi connectivity index (χ2n) is 8.87. The zero-order valence-corrected chi connectivity index (χ0v) is 18.6. The minimum Gasteiger partial charge on any atom is -0.472 e. The van der Waals surface area contributed by atoms with Gasteiger partial charge in [-0.2, -0.15) is 10.1 Å². The highest BCUT2D eigenvalue weighted by Gasteiger charge is 2.31. The molecule has 0 bridgehead atoms. The molecule has 4 heterocycles. The molecule has 0 aliphatic carbocycles.